The SMILES string of the molecule is CCCC(O)(CN)Cc1nccn1CC. The lowest BCUT2D eigenvalue weighted by molar-refractivity contribution is 0.0372. The molecule has 1 heterocycles. The molecule has 3 N–H and O–H groups in total. The quantitative estimate of drug-likeness (QED) is 0.736. The second-order valence-electron chi connectivity index (χ2n) is 3.98. The molecule has 1 rings (SSSR count). The highest BCUT2D eigenvalue weighted by atomic mass is 16.3. The summed E-state index contributed by atoms with van der Waals surface area (Å²) in [4.78, 5) is 4.25. The summed E-state index contributed by atoms with van der Waals surface area (Å²) >= 11 is 0. The molecule has 1 atom stereocenters. The van der Waals surface area contributed by atoms with Crippen LogP contribution in [0.25, 0.3) is 0 Å². The molecule has 0 amide bonds. The van der Waals surface area contributed by atoms with Crippen LogP contribution in [0.2, 0.25) is 0 Å². The highest BCUT2D eigenvalue weighted by molar-refractivity contribution is 4.99. The summed E-state index contributed by atoms with van der Waals surface area (Å²) in [6.07, 6.45) is 5.89. The number of imidazole rings is 1. The summed E-state index contributed by atoms with van der Waals surface area (Å²) < 4.78 is 2.04. The molecule has 0 spiro atoms. The molecule has 0 bridgehead atoms. The van der Waals surface area contributed by atoms with Gasteiger partial charge in [-0.25, -0.2) is 4.98 Å². The average Bonchev–Trinajstić information content (AvgIpc) is 2.65. The van der Waals surface area contributed by atoms with Crippen LogP contribution in [0.3, 0.4) is 0 Å². The lowest BCUT2D eigenvalue weighted by atomic mass is 9.94. The number of hydrogen-bond donors (Lipinski definition) is 2. The Balaban J connectivity index is 2.74. The molecule has 1 unspecified atom stereocenters. The van der Waals surface area contributed by atoms with Gasteiger partial charge in [0.05, 0.1) is 5.60 Å². The largest absolute Gasteiger partial charge is 0.388 e. The average molecular weight is 211 g/mol. The molecule has 15 heavy (non-hydrogen) atoms. The highest BCUT2D eigenvalue weighted by Crippen LogP contribution is 2.17. The van der Waals surface area contributed by atoms with Gasteiger partial charge in [0.15, 0.2) is 0 Å². The zero-order valence-corrected chi connectivity index (χ0v) is 9.61. The van der Waals surface area contributed by atoms with Gasteiger partial charge >= 0.3 is 0 Å². The van der Waals surface area contributed by atoms with Crippen molar-refractivity contribution in [2.75, 3.05) is 6.54 Å². The Morgan fingerprint density at radius 3 is 2.80 bits per heavy atom. The number of aromatic nitrogens is 2. The Labute approximate surface area is 91.1 Å². The van der Waals surface area contributed by atoms with Crippen molar-refractivity contribution in [2.45, 2.75) is 45.3 Å². The third-order valence-corrected chi connectivity index (χ3v) is 2.72. The molecule has 0 saturated carbocycles. The molecule has 0 fully saturated rings. The maximum absolute atomic E-state index is 10.2. The van der Waals surface area contributed by atoms with E-state index in [2.05, 4.69) is 11.9 Å². The molecule has 0 aromatic carbocycles. The van der Waals surface area contributed by atoms with Crippen molar-refractivity contribution in [1.82, 2.24) is 9.55 Å². The van der Waals surface area contributed by atoms with E-state index in [1.54, 1.807) is 6.20 Å². The number of nitrogens with two attached hydrogens (primary N) is 1. The minimum absolute atomic E-state index is 0.289. The van der Waals surface area contributed by atoms with Crippen LogP contribution in [0.5, 0.6) is 0 Å². The third kappa shape index (κ3) is 3.04. The van der Waals surface area contributed by atoms with Crippen LogP contribution in [0.15, 0.2) is 12.4 Å². The molecule has 0 aliphatic carbocycles. The van der Waals surface area contributed by atoms with E-state index in [1.807, 2.05) is 17.7 Å². The minimum Gasteiger partial charge on any atom is -0.388 e. The van der Waals surface area contributed by atoms with Crippen molar-refractivity contribution in [3.05, 3.63) is 18.2 Å². The van der Waals surface area contributed by atoms with E-state index < -0.39 is 5.60 Å². The van der Waals surface area contributed by atoms with Crippen LogP contribution < -0.4 is 5.73 Å². The maximum atomic E-state index is 10.2. The first-order valence-electron chi connectivity index (χ1n) is 5.57. The van der Waals surface area contributed by atoms with Crippen molar-refractivity contribution in [2.24, 2.45) is 5.73 Å². The molecule has 0 radical (unpaired) electrons. The van der Waals surface area contributed by atoms with Gasteiger partial charge in [-0.05, 0) is 13.3 Å². The number of hydrogen-bond acceptors (Lipinski definition) is 3. The van der Waals surface area contributed by atoms with E-state index in [1.165, 1.54) is 0 Å². The first-order valence-corrected chi connectivity index (χ1v) is 5.57. The number of aliphatic hydroxyl groups is 1. The summed E-state index contributed by atoms with van der Waals surface area (Å²) in [5.74, 6) is 0.916. The van der Waals surface area contributed by atoms with E-state index in [9.17, 15) is 5.11 Å². The highest BCUT2D eigenvalue weighted by Gasteiger charge is 2.26. The Kier molecular flexibility index (Phi) is 4.29. The molecular formula is C11H21N3O. The van der Waals surface area contributed by atoms with Gasteiger partial charge in [-0.3, -0.25) is 0 Å². The molecule has 4 heteroatoms. The lowest BCUT2D eigenvalue weighted by Crippen LogP contribution is -2.40. The zero-order valence-electron chi connectivity index (χ0n) is 9.61. The second-order valence-corrected chi connectivity index (χ2v) is 3.98. The van der Waals surface area contributed by atoms with Crippen molar-refractivity contribution in [1.29, 1.82) is 0 Å². The van der Waals surface area contributed by atoms with Crippen molar-refractivity contribution < 1.29 is 5.11 Å². The van der Waals surface area contributed by atoms with E-state index in [0.29, 0.717) is 6.42 Å². The van der Waals surface area contributed by atoms with E-state index in [4.69, 9.17) is 5.73 Å². The Hall–Kier alpha value is -0.870. The van der Waals surface area contributed by atoms with Crippen LogP contribution in [0.1, 0.15) is 32.5 Å². The Bertz CT molecular complexity index is 298. The fourth-order valence-corrected chi connectivity index (χ4v) is 1.82. The van der Waals surface area contributed by atoms with Crippen LogP contribution in [-0.4, -0.2) is 26.8 Å². The van der Waals surface area contributed by atoms with Crippen LogP contribution in [-0.2, 0) is 13.0 Å². The van der Waals surface area contributed by atoms with Gasteiger partial charge in [-0.2, -0.15) is 0 Å². The standard InChI is InChI=1S/C11H21N3O/c1-3-5-11(15,9-12)8-10-13-6-7-14(10)4-2/h6-7,15H,3-5,8-9,12H2,1-2H3. The summed E-state index contributed by atoms with van der Waals surface area (Å²) in [7, 11) is 0. The lowest BCUT2D eigenvalue weighted by Gasteiger charge is -2.25. The van der Waals surface area contributed by atoms with Gasteiger partial charge in [0, 0.05) is 31.9 Å². The van der Waals surface area contributed by atoms with Crippen LogP contribution >= 0.6 is 0 Å². The van der Waals surface area contributed by atoms with Gasteiger partial charge in [0.2, 0.25) is 0 Å². The molecule has 0 aliphatic heterocycles. The van der Waals surface area contributed by atoms with Crippen molar-refractivity contribution in [3.63, 3.8) is 0 Å². The van der Waals surface area contributed by atoms with Crippen molar-refractivity contribution >= 4 is 0 Å². The van der Waals surface area contributed by atoms with Crippen molar-refractivity contribution in [3.8, 4) is 0 Å². The summed E-state index contributed by atoms with van der Waals surface area (Å²) in [5, 5.41) is 10.2. The number of rotatable bonds is 6. The molecule has 1 aromatic rings. The third-order valence-electron chi connectivity index (χ3n) is 2.72. The molecule has 86 valence electrons. The fourth-order valence-electron chi connectivity index (χ4n) is 1.82. The predicted octanol–water partition coefficient (Wildman–Crippen LogP) is 0.935. The molecule has 4 nitrogen and oxygen atoms in total. The predicted molar refractivity (Wildman–Crippen MR) is 60.5 cm³/mol. The van der Waals surface area contributed by atoms with Gasteiger partial charge in [-0.1, -0.05) is 13.3 Å². The van der Waals surface area contributed by atoms with Gasteiger partial charge in [0.1, 0.15) is 5.82 Å². The Morgan fingerprint density at radius 2 is 2.27 bits per heavy atom. The first-order chi connectivity index (χ1) is 7.15. The normalized spacial score (nSPS) is 15.2. The molecule has 1 aromatic heterocycles. The van der Waals surface area contributed by atoms with Gasteiger partial charge in [0.25, 0.3) is 0 Å². The second kappa shape index (κ2) is 5.28. The van der Waals surface area contributed by atoms with E-state index in [0.717, 1.165) is 25.2 Å². The number of nitrogens with zero attached hydrogens (tertiary/aromatic N) is 2. The van der Waals surface area contributed by atoms with E-state index in [-0.39, 0.29) is 6.54 Å². The summed E-state index contributed by atoms with van der Waals surface area (Å²) in [6, 6.07) is 0. The molecular weight excluding hydrogens is 190 g/mol. The molecule has 0 saturated heterocycles. The van der Waals surface area contributed by atoms with Gasteiger partial charge in [-0.15, -0.1) is 0 Å². The number of aryl methyl sites for hydroxylation is 1. The van der Waals surface area contributed by atoms with Gasteiger partial charge < -0.3 is 15.4 Å². The summed E-state index contributed by atoms with van der Waals surface area (Å²) in [6.45, 7) is 5.28. The van der Waals surface area contributed by atoms with Crippen LogP contribution in [0, 0.1) is 0 Å². The zero-order chi connectivity index (χ0) is 11.3. The minimum atomic E-state index is -0.799. The topological polar surface area (TPSA) is 64.1 Å². The summed E-state index contributed by atoms with van der Waals surface area (Å²) in [5.41, 5.74) is 4.82. The van der Waals surface area contributed by atoms with E-state index >= 15 is 0 Å². The maximum Gasteiger partial charge on any atom is 0.111 e. The fraction of sp³-hybridized carbons (Fsp3) is 0.727. The Morgan fingerprint density at radius 1 is 1.53 bits per heavy atom. The smallest absolute Gasteiger partial charge is 0.111 e. The first kappa shape index (κ1) is 12.2. The monoisotopic (exact) mass is 211 g/mol. The molecule has 0 aliphatic rings. The van der Waals surface area contributed by atoms with Crippen LogP contribution in [0.4, 0.5) is 0 Å².